The summed E-state index contributed by atoms with van der Waals surface area (Å²) in [5, 5.41) is 10.3. The summed E-state index contributed by atoms with van der Waals surface area (Å²) in [4.78, 5) is 25.1. The molecule has 0 bridgehead atoms. The van der Waals surface area contributed by atoms with Gasteiger partial charge in [0.25, 0.3) is 0 Å². The fourth-order valence-electron chi connectivity index (χ4n) is 2.68. The number of fused-ring (bicyclic) bond motifs is 2. The van der Waals surface area contributed by atoms with Gasteiger partial charge in [0, 0.05) is 22.4 Å². The van der Waals surface area contributed by atoms with Gasteiger partial charge in [-0.2, -0.15) is 0 Å². The summed E-state index contributed by atoms with van der Waals surface area (Å²) in [6.07, 6.45) is -0.0575. The first-order valence-corrected chi connectivity index (χ1v) is 8.98. The van der Waals surface area contributed by atoms with E-state index in [9.17, 15) is 27.7 Å². The van der Waals surface area contributed by atoms with Crippen molar-refractivity contribution >= 4 is 21.7 Å². The van der Waals surface area contributed by atoms with Gasteiger partial charge in [0.2, 0.25) is 0 Å². The zero-order chi connectivity index (χ0) is 18.2. The Hall–Kier alpha value is -1.71. The molecule has 0 radical (unpaired) electrons. The molecule has 130 valence electrons. The number of hydrogen-bond acceptors (Lipinski definition) is 7. The normalized spacial score (nSPS) is 12.8. The Bertz CT molecular complexity index is 983. The van der Waals surface area contributed by atoms with Crippen molar-refractivity contribution in [3.8, 4) is 11.5 Å². The van der Waals surface area contributed by atoms with Crippen LogP contribution in [0.25, 0.3) is 0 Å². The molecule has 2 aromatic carbocycles. The van der Waals surface area contributed by atoms with Crippen LogP contribution in [-0.2, 0) is 10.1 Å². The van der Waals surface area contributed by atoms with Crippen molar-refractivity contribution in [3.05, 3.63) is 58.7 Å². The average Bonchev–Trinajstić information content (AvgIpc) is 2.56. The summed E-state index contributed by atoms with van der Waals surface area (Å²) in [5.74, 6) is -1.98. The summed E-state index contributed by atoms with van der Waals surface area (Å²) in [7, 11) is -4.34. The van der Waals surface area contributed by atoms with Crippen LogP contribution in [0.3, 0.4) is 0 Å². The van der Waals surface area contributed by atoms with Crippen molar-refractivity contribution in [3.63, 3.8) is 0 Å². The van der Waals surface area contributed by atoms with Gasteiger partial charge >= 0.3 is 29.6 Å². The molecule has 0 unspecified atom stereocenters. The van der Waals surface area contributed by atoms with Crippen molar-refractivity contribution < 1.29 is 62.0 Å². The number of phenols is 1. The number of carbonyl (C=O) groups is 2. The van der Waals surface area contributed by atoms with Gasteiger partial charge in [-0.25, -0.2) is 8.42 Å². The zero-order valence-corrected chi connectivity index (χ0v) is 16.7. The van der Waals surface area contributed by atoms with E-state index in [1.807, 2.05) is 0 Å². The van der Waals surface area contributed by atoms with Crippen LogP contribution >= 0.6 is 0 Å². The maximum absolute atomic E-state index is 12.6. The van der Waals surface area contributed by atoms with Crippen molar-refractivity contribution in [2.24, 2.45) is 0 Å². The fourth-order valence-corrected chi connectivity index (χ4v) is 3.16. The van der Waals surface area contributed by atoms with E-state index in [4.69, 9.17) is 4.74 Å². The number of ether oxygens (including phenoxy) is 1. The van der Waals surface area contributed by atoms with Gasteiger partial charge in [-0.1, -0.05) is 24.3 Å². The molecule has 7 nitrogen and oxygen atoms in total. The molecule has 0 aliphatic heterocycles. The molecule has 0 amide bonds. The predicted molar refractivity (Wildman–Crippen MR) is 86.1 cm³/mol. The smallest absolute Gasteiger partial charge is 0.748 e. The fraction of sp³-hybridized carbons (Fsp3) is 0.176. The monoisotopic (exact) mass is 384 g/mol. The van der Waals surface area contributed by atoms with Gasteiger partial charge in [-0.3, -0.25) is 9.59 Å². The second kappa shape index (κ2) is 7.89. The molecule has 0 saturated carbocycles. The van der Waals surface area contributed by atoms with E-state index in [-0.39, 0.29) is 76.4 Å². The van der Waals surface area contributed by atoms with Crippen LogP contribution in [-0.4, -0.2) is 42.0 Å². The number of carbonyl (C=O) groups excluding carboxylic acids is 2. The molecule has 0 fully saturated rings. The molecule has 0 saturated heterocycles. The minimum Gasteiger partial charge on any atom is -0.748 e. The third-order valence-electron chi connectivity index (χ3n) is 3.83. The molecule has 0 heterocycles. The first-order valence-electron chi connectivity index (χ1n) is 7.40. The SMILES string of the molecule is O=C1c2ccccc2C(=O)c2c1ccc(OCCCS(=O)(=O)[O-])c2O.[Na+]. The van der Waals surface area contributed by atoms with Gasteiger partial charge in [-0.15, -0.1) is 0 Å². The maximum Gasteiger partial charge on any atom is 1.00 e. The van der Waals surface area contributed by atoms with Gasteiger partial charge < -0.3 is 14.4 Å². The molecular weight excluding hydrogens is 371 g/mol. The van der Waals surface area contributed by atoms with Crippen LogP contribution in [0.1, 0.15) is 38.3 Å². The van der Waals surface area contributed by atoms with E-state index >= 15 is 0 Å². The van der Waals surface area contributed by atoms with Crippen LogP contribution in [0.4, 0.5) is 0 Å². The molecule has 26 heavy (non-hydrogen) atoms. The Labute approximate surface area is 172 Å². The largest absolute Gasteiger partial charge is 1.00 e. The van der Waals surface area contributed by atoms with Gasteiger partial charge in [0.15, 0.2) is 23.1 Å². The van der Waals surface area contributed by atoms with Crippen molar-refractivity contribution in [2.45, 2.75) is 6.42 Å². The molecule has 2 aromatic rings. The molecular formula is C17H13NaO7S. The summed E-state index contributed by atoms with van der Waals surface area (Å²) in [6, 6.07) is 9.03. The second-order valence-electron chi connectivity index (χ2n) is 5.50. The van der Waals surface area contributed by atoms with Crippen molar-refractivity contribution in [1.29, 1.82) is 0 Å². The van der Waals surface area contributed by atoms with Crippen LogP contribution in [0.2, 0.25) is 0 Å². The van der Waals surface area contributed by atoms with Crippen molar-refractivity contribution in [1.82, 2.24) is 0 Å². The first kappa shape index (κ1) is 20.6. The molecule has 0 atom stereocenters. The first-order chi connectivity index (χ1) is 11.8. The summed E-state index contributed by atoms with van der Waals surface area (Å²) < 4.78 is 36.9. The number of rotatable bonds is 5. The van der Waals surface area contributed by atoms with Crippen LogP contribution in [0, 0.1) is 0 Å². The molecule has 1 N–H and O–H groups in total. The third-order valence-corrected chi connectivity index (χ3v) is 4.61. The van der Waals surface area contributed by atoms with Crippen LogP contribution in [0.5, 0.6) is 11.5 Å². The number of ketones is 2. The quantitative estimate of drug-likeness (QED) is 0.322. The van der Waals surface area contributed by atoms with E-state index in [1.165, 1.54) is 18.2 Å². The molecule has 9 heteroatoms. The number of benzene rings is 2. The molecule has 0 aromatic heterocycles. The Morgan fingerprint density at radius 3 is 2.19 bits per heavy atom. The van der Waals surface area contributed by atoms with Crippen molar-refractivity contribution in [2.75, 3.05) is 12.4 Å². The van der Waals surface area contributed by atoms with Crippen LogP contribution in [0.15, 0.2) is 36.4 Å². The third kappa shape index (κ3) is 3.99. The second-order valence-corrected chi connectivity index (χ2v) is 7.03. The van der Waals surface area contributed by atoms with Gasteiger partial charge in [0.1, 0.15) is 0 Å². The Balaban J connectivity index is 0.00000243. The van der Waals surface area contributed by atoms with E-state index in [0.717, 1.165) is 0 Å². The summed E-state index contributed by atoms with van der Waals surface area (Å²) >= 11 is 0. The minimum atomic E-state index is -4.34. The standard InChI is InChI=1S/C17H14O7S.Na/c18-15-10-4-1-2-5-11(10)16(19)14-12(15)6-7-13(17(14)20)24-8-3-9-25(21,22)23;/h1-2,4-7,20H,3,8-9H2,(H,21,22,23);/q;+1/p-1. The molecule has 3 rings (SSSR count). The topological polar surface area (TPSA) is 121 Å². The average molecular weight is 384 g/mol. The van der Waals surface area contributed by atoms with E-state index < -0.39 is 27.4 Å². The van der Waals surface area contributed by atoms with E-state index in [0.29, 0.717) is 0 Å². The molecule has 0 spiro atoms. The summed E-state index contributed by atoms with van der Waals surface area (Å²) in [6.45, 7) is -0.132. The number of aromatic hydroxyl groups is 1. The Morgan fingerprint density at radius 2 is 1.58 bits per heavy atom. The number of hydrogen-bond donors (Lipinski definition) is 1. The summed E-state index contributed by atoms with van der Waals surface area (Å²) in [5.41, 5.74) is 0.409. The van der Waals surface area contributed by atoms with Gasteiger partial charge in [-0.05, 0) is 18.6 Å². The zero-order valence-electron chi connectivity index (χ0n) is 13.9. The minimum absolute atomic E-state index is 0. The molecule has 1 aliphatic rings. The molecule has 1 aliphatic carbocycles. The predicted octanol–water partition coefficient (Wildman–Crippen LogP) is -1.51. The van der Waals surface area contributed by atoms with Crippen LogP contribution < -0.4 is 34.3 Å². The Morgan fingerprint density at radius 1 is 0.962 bits per heavy atom. The maximum atomic E-state index is 12.6. The van der Waals surface area contributed by atoms with E-state index in [1.54, 1.807) is 18.2 Å². The van der Waals surface area contributed by atoms with Gasteiger partial charge in [0.05, 0.1) is 22.3 Å². The number of phenolic OH excluding ortho intramolecular Hbond substituents is 1. The Kier molecular flexibility index (Phi) is 6.25. The van der Waals surface area contributed by atoms with E-state index in [2.05, 4.69) is 0 Å².